The van der Waals surface area contributed by atoms with Crippen LogP contribution in [-0.2, 0) is 10.5 Å². The molecule has 1 unspecified atom stereocenters. The summed E-state index contributed by atoms with van der Waals surface area (Å²) >= 11 is 3.22. The first-order valence-corrected chi connectivity index (χ1v) is 12.9. The number of thiophene rings is 1. The molecule has 0 fully saturated rings. The Morgan fingerprint density at radius 3 is 2.68 bits per heavy atom. The predicted octanol–water partition coefficient (Wildman–Crippen LogP) is 6.18. The molecular formula is C26H25N5OS2. The molecule has 8 heteroatoms. The van der Waals surface area contributed by atoms with Crippen LogP contribution in [0.2, 0.25) is 0 Å². The van der Waals surface area contributed by atoms with Crippen molar-refractivity contribution in [2.24, 2.45) is 0 Å². The molecule has 3 heterocycles. The molecule has 1 atom stereocenters. The van der Waals surface area contributed by atoms with Crippen LogP contribution >= 0.6 is 23.1 Å². The summed E-state index contributed by atoms with van der Waals surface area (Å²) in [6.07, 6.45) is 0. The number of hydrogen-bond donors (Lipinski definition) is 2. The summed E-state index contributed by atoms with van der Waals surface area (Å²) < 4.78 is 1.85. The Labute approximate surface area is 207 Å². The predicted molar refractivity (Wildman–Crippen MR) is 139 cm³/mol. The highest BCUT2D eigenvalue weighted by molar-refractivity contribution is 7.98. The number of amides is 1. The molecule has 0 radical (unpaired) electrons. The van der Waals surface area contributed by atoms with Crippen molar-refractivity contribution in [3.8, 4) is 0 Å². The highest BCUT2D eigenvalue weighted by Crippen LogP contribution is 2.40. The van der Waals surface area contributed by atoms with Crippen LogP contribution in [-0.4, -0.2) is 20.7 Å². The Bertz CT molecular complexity index is 1370. The number of carbonyl (C=O) groups is 1. The number of carbonyl (C=O) groups excluding carboxylic acids is 1. The maximum Gasteiger partial charge on any atom is 0.255 e. The van der Waals surface area contributed by atoms with E-state index in [0.717, 1.165) is 33.1 Å². The summed E-state index contributed by atoms with van der Waals surface area (Å²) in [6, 6.07) is 19.8. The van der Waals surface area contributed by atoms with E-state index in [4.69, 9.17) is 10.1 Å². The highest BCUT2D eigenvalue weighted by Gasteiger charge is 2.35. The van der Waals surface area contributed by atoms with Crippen LogP contribution in [0.25, 0.3) is 0 Å². The van der Waals surface area contributed by atoms with E-state index in [2.05, 4.69) is 41.1 Å². The molecule has 0 spiro atoms. The van der Waals surface area contributed by atoms with Crippen LogP contribution in [0.3, 0.4) is 0 Å². The molecule has 2 aromatic carbocycles. The molecule has 1 aliphatic heterocycles. The third-order valence-electron chi connectivity index (χ3n) is 5.71. The molecule has 34 heavy (non-hydrogen) atoms. The highest BCUT2D eigenvalue weighted by atomic mass is 32.2. The zero-order valence-corrected chi connectivity index (χ0v) is 20.8. The van der Waals surface area contributed by atoms with Gasteiger partial charge in [0.05, 0.1) is 5.57 Å². The number of aryl methyl sites for hydroxylation is 2. The number of rotatable bonds is 6. The van der Waals surface area contributed by atoms with Crippen molar-refractivity contribution in [2.75, 3.05) is 10.6 Å². The van der Waals surface area contributed by atoms with Crippen molar-refractivity contribution in [3.05, 3.63) is 98.9 Å². The SMILES string of the molecule is CC1=C(C(=O)Nc2cccc(C)c2)C(c2sccc2C)n2nc(SCc3ccccc3)nc2N1. The average Bonchev–Trinajstić information content (AvgIpc) is 3.43. The molecule has 2 aromatic heterocycles. The molecule has 6 nitrogen and oxygen atoms in total. The Hall–Kier alpha value is -3.36. The first-order chi connectivity index (χ1) is 16.5. The Morgan fingerprint density at radius 1 is 1.12 bits per heavy atom. The van der Waals surface area contributed by atoms with E-state index in [-0.39, 0.29) is 11.9 Å². The van der Waals surface area contributed by atoms with Gasteiger partial charge >= 0.3 is 0 Å². The first-order valence-electron chi connectivity index (χ1n) is 11.0. The first kappa shape index (κ1) is 22.4. The smallest absolute Gasteiger partial charge is 0.255 e. The zero-order chi connectivity index (χ0) is 23.7. The van der Waals surface area contributed by atoms with Gasteiger partial charge in [0.2, 0.25) is 11.1 Å². The van der Waals surface area contributed by atoms with Gasteiger partial charge in [0.1, 0.15) is 6.04 Å². The molecule has 172 valence electrons. The van der Waals surface area contributed by atoms with Crippen molar-refractivity contribution in [2.45, 2.75) is 37.7 Å². The topological polar surface area (TPSA) is 71.8 Å². The quantitative estimate of drug-likeness (QED) is 0.318. The lowest BCUT2D eigenvalue weighted by molar-refractivity contribution is -0.113. The second kappa shape index (κ2) is 9.48. The van der Waals surface area contributed by atoms with Gasteiger partial charge in [0.25, 0.3) is 5.91 Å². The van der Waals surface area contributed by atoms with Crippen LogP contribution in [0.4, 0.5) is 11.6 Å². The van der Waals surface area contributed by atoms with Crippen LogP contribution in [0.5, 0.6) is 0 Å². The lowest BCUT2D eigenvalue weighted by Crippen LogP contribution is -2.31. The van der Waals surface area contributed by atoms with Crippen molar-refractivity contribution in [1.29, 1.82) is 0 Å². The maximum atomic E-state index is 13.6. The van der Waals surface area contributed by atoms with Gasteiger partial charge in [0.15, 0.2) is 0 Å². The molecule has 1 amide bonds. The number of nitrogens with one attached hydrogen (secondary N) is 2. The number of fused-ring (bicyclic) bond motifs is 1. The van der Waals surface area contributed by atoms with E-state index in [1.807, 2.05) is 61.0 Å². The monoisotopic (exact) mass is 487 g/mol. The average molecular weight is 488 g/mol. The van der Waals surface area contributed by atoms with Gasteiger partial charge in [-0.2, -0.15) is 4.98 Å². The molecule has 4 aromatic rings. The van der Waals surface area contributed by atoms with Crippen LogP contribution in [0.1, 0.15) is 34.5 Å². The minimum atomic E-state index is -0.348. The third-order valence-corrected chi connectivity index (χ3v) is 7.69. The fourth-order valence-corrected chi connectivity index (χ4v) is 5.84. The molecular weight excluding hydrogens is 462 g/mol. The third kappa shape index (κ3) is 4.51. The molecule has 5 rings (SSSR count). The van der Waals surface area contributed by atoms with E-state index < -0.39 is 0 Å². The maximum absolute atomic E-state index is 13.6. The van der Waals surface area contributed by atoms with Gasteiger partial charge in [-0.15, -0.1) is 16.4 Å². The number of benzene rings is 2. The van der Waals surface area contributed by atoms with E-state index in [1.54, 1.807) is 23.1 Å². The van der Waals surface area contributed by atoms with Crippen molar-refractivity contribution in [1.82, 2.24) is 14.8 Å². The molecule has 0 bridgehead atoms. The fourth-order valence-electron chi connectivity index (χ4n) is 4.04. The molecule has 2 N–H and O–H groups in total. The van der Waals surface area contributed by atoms with Gasteiger partial charge in [-0.05, 0) is 61.0 Å². The van der Waals surface area contributed by atoms with Gasteiger partial charge in [-0.25, -0.2) is 4.68 Å². The van der Waals surface area contributed by atoms with Crippen LogP contribution in [0, 0.1) is 13.8 Å². The lowest BCUT2D eigenvalue weighted by Gasteiger charge is -2.28. The van der Waals surface area contributed by atoms with E-state index >= 15 is 0 Å². The largest absolute Gasteiger partial charge is 0.328 e. The number of thioether (sulfide) groups is 1. The summed E-state index contributed by atoms with van der Waals surface area (Å²) in [7, 11) is 0. The number of allylic oxidation sites excluding steroid dienone is 1. The Balaban J connectivity index is 1.49. The van der Waals surface area contributed by atoms with Gasteiger partial charge in [-0.1, -0.05) is 54.2 Å². The zero-order valence-electron chi connectivity index (χ0n) is 19.2. The number of anilines is 2. The van der Waals surface area contributed by atoms with Crippen LogP contribution in [0.15, 0.2) is 82.5 Å². The van der Waals surface area contributed by atoms with Crippen molar-refractivity contribution < 1.29 is 4.79 Å². The fraction of sp³-hybridized carbons (Fsp3) is 0.192. The number of hydrogen-bond acceptors (Lipinski definition) is 6. The molecule has 0 saturated heterocycles. The normalized spacial score (nSPS) is 15.1. The minimum absolute atomic E-state index is 0.145. The van der Waals surface area contributed by atoms with E-state index in [1.165, 1.54) is 5.56 Å². The van der Waals surface area contributed by atoms with E-state index in [9.17, 15) is 4.79 Å². The molecule has 0 aliphatic carbocycles. The van der Waals surface area contributed by atoms with Crippen molar-refractivity contribution >= 4 is 40.6 Å². The van der Waals surface area contributed by atoms with E-state index in [0.29, 0.717) is 16.7 Å². The summed E-state index contributed by atoms with van der Waals surface area (Å²) in [5.41, 5.74) is 5.63. The summed E-state index contributed by atoms with van der Waals surface area (Å²) in [4.78, 5) is 19.4. The Morgan fingerprint density at radius 2 is 1.94 bits per heavy atom. The lowest BCUT2D eigenvalue weighted by atomic mass is 9.98. The van der Waals surface area contributed by atoms with Crippen LogP contribution < -0.4 is 10.6 Å². The van der Waals surface area contributed by atoms with Gasteiger partial charge in [-0.3, -0.25) is 4.79 Å². The number of nitrogens with zero attached hydrogens (tertiary/aromatic N) is 3. The second-order valence-corrected chi connectivity index (χ2v) is 10.2. The summed E-state index contributed by atoms with van der Waals surface area (Å²) in [6.45, 7) is 6.01. The number of aromatic nitrogens is 3. The second-order valence-electron chi connectivity index (χ2n) is 8.29. The molecule has 1 aliphatic rings. The van der Waals surface area contributed by atoms with Crippen molar-refractivity contribution in [3.63, 3.8) is 0 Å². The van der Waals surface area contributed by atoms with Gasteiger partial charge in [0, 0.05) is 22.0 Å². The van der Waals surface area contributed by atoms with Gasteiger partial charge < -0.3 is 10.6 Å². The summed E-state index contributed by atoms with van der Waals surface area (Å²) in [5.74, 6) is 1.28. The molecule has 0 saturated carbocycles. The standard InChI is InChI=1S/C26H25N5OS2/c1-16-8-7-11-20(14-16)28-24(32)21-18(3)27-25-29-26(34-15-19-9-5-4-6-10-19)30-31(25)22(21)23-17(2)12-13-33-23/h4-14,22H,15H2,1-3H3,(H,28,32)(H,27,29,30). The summed E-state index contributed by atoms with van der Waals surface area (Å²) in [5, 5.41) is 14.0. The minimum Gasteiger partial charge on any atom is -0.328 e. The Kier molecular flexibility index (Phi) is 6.26.